The number of nitrogen functional groups attached to an aromatic ring is 1. The van der Waals surface area contributed by atoms with Gasteiger partial charge in [0, 0.05) is 16.3 Å². The fraction of sp³-hybridized carbons (Fsp3) is 0.0769. The van der Waals surface area contributed by atoms with Crippen molar-refractivity contribution in [3.05, 3.63) is 57.0 Å². The second-order valence-corrected chi connectivity index (χ2v) is 4.88. The van der Waals surface area contributed by atoms with Crippen molar-refractivity contribution < 1.29 is 4.74 Å². The molecule has 0 saturated carbocycles. The molecule has 0 fully saturated rings. The van der Waals surface area contributed by atoms with Gasteiger partial charge in [0.2, 0.25) is 0 Å². The Morgan fingerprint density at radius 3 is 2.56 bits per heavy atom. The summed E-state index contributed by atoms with van der Waals surface area (Å²) in [4.78, 5) is 0. The van der Waals surface area contributed by atoms with E-state index in [0.717, 1.165) is 5.56 Å². The number of nitrogens with two attached hydrogens (primary N) is 1. The van der Waals surface area contributed by atoms with Gasteiger partial charge in [-0.05, 0) is 30.3 Å². The van der Waals surface area contributed by atoms with Crippen molar-refractivity contribution in [2.75, 3.05) is 5.73 Å². The summed E-state index contributed by atoms with van der Waals surface area (Å²) >= 11 is 17.9. The first-order valence-electron chi connectivity index (χ1n) is 5.18. The highest BCUT2D eigenvalue weighted by Gasteiger charge is 2.07. The largest absolute Gasteiger partial charge is 0.487 e. The Morgan fingerprint density at radius 2 is 1.78 bits per heavy atom. The van der Waals surface area contributed by atoms with Gasteiger partial charge in [-0.15, -0.1) is 0 Å². The second-order valence-electron chi connectivity index (χ2n) is 3.69. The van der Waals surface area contributed by atoms with Gasteiger partial charge in [0.15, 0.2) is 0 Å². The van der Waals surface area contributed by atoms with Crippen LogP contribution in [0.4, 0.5) is 5.69 Å². The zero-order valence-corrected chi connectivity index (χ0v) is 11.6. The maximum absolute atomic E-state index is 6.04. The first-order chi connectivity index (χ1) is 8.58. The van der Waals surface area contributed by atoms with Crippen molar-refractivity contribution in [2.45, 2.75) is 6.61 Å². The van der Waals surface area contributed by atoms with Crippen molar-refractivity contribution in [1.82, 2.24) is 0 Å². The first-order valence-corrected chi connectivity index (χ1v) is 6.32. The molecule has 0 aliphatic heterocycles. The molecule has 0 unspecified atom stereocenters. The molecule has 0 aromatic heterocycles. The lowest BCUT2D eigenvalue weighted by molar-refractivity contribution is 0.306. The fourth-order valence-electron chi connectivity index (χ4n) is 1.46. The number of benzene rings is 2. The van der Waals surface area contributed by atoms with Crippen LogP contribution in [-0.2, 0) is 6.61 Å². The Kier molecular flexibility index (Phi) is 4.23. The van der Waals surface area contributed by atoms with Crippen LogP contribution < -0.4 is 10.5 Å². The smallest absolute Gasteiger partial charge is 0.139 e. The van der Waals surface area contributed by atoms with Gasteiger partial charge in [-0.1, -0.05) is 40.9 Å². The van der Waals surface area contributed by atoms with E-state index >= 15 is 0 Å². The number of ether oxygens (including phenoxy) is 1. The predicted octanol–water partition coefficient (Wildman–Crippen LogP) is 4.81. The zero-order chi connectivity index (χ0) is 13.1. The van der Waals surface area contributed by atoms with Gasteiger partial charge in [0.25, 0.3) is 0 Å². The van der Waals surface area contributed by atoms with Gasteiger partial charge in [-0.3, -0.25) is 0 Å². The molecule has 0 heterocycles. The summed E-state index contributed by atoms with van der Waals surface area (Å²) in [7, 11) is 0. The maximum atomic E-state index is 6.04. The number of hydrogen-bond acceptors (Lipinski definition) is 2. The average molecular weight is 303 g/mol. The molecule has 0 aliphatic carbocycles. The number of rotatable bonds is 3. The molecule has 0 saturated heterocycles. The van der Waals surface area contributed by atoms with Gasteiger partial charge in [-0.2, -0.15) is 0 Å². The van der Waals surface area contributed by atoms with E-state index in [2.05, 4.69) is 0 Å². The standard InChI is InChI=1S/C13H10Cl3NO/c14-10-5-4-9(17)6-8(10)7-18-12-3-1-2-11(15)13(12)16/h1-6H,7,17H2. The van der Waals surface area contributed by atoms with Crippen LogP contribution in [0.25, 0.3) is 0 Å². The van der Waals surface area contributed by atoms with Crippen LogP contribution >= 0.6 is 34.8 Å². The summed E-state index contributed by atoms with van der Waals surface area (Å²) in [5, 5.41) is 1.44. The highest BCUT2D eigenvalue weighted by atomic mass is 35.5. The molecule has 0 spiro atoms. The molecule has 0 atom stereocenters. The molecule has 2 aromatic rings. The molecule has 2 nitrogen and oxygen atoms in total. The van der Waals surface area contributed by atoms with Crippen molar-refractivity contribution in [3.8, 4) is 5.75 Å². The van der Waals surface area contributed by atoms with E-state index < -0.39 is 0 Å². The van der Waals surface area contributed by atoms with Crippen molar-refractivity contribution in [3.63, 3.8) is 0 Å². The van der Waals surface area contributed by atoms with Crippen LogP contribution in [0.1, 0.15) is 5.56 Å². The molecule has 18 heavy (non-hydrogen) atoms. The Morgan fingerprint density at radius 1 is 1.00 bits per heavy atom. The van der Waals surface area contributed by atoms with Gasteiger partial charge < -0.3 is 10.5 Å². The van der Waals surface area contributed by atoms with Crippen LogP contribution in [0, 0.1) is 0 Å². The zero-order valence-electron chi connectivity index (χ0n) is 9.29. The van der Waals surface area contributed by atoms with Gasteiger partial charge in [0.1, 0.15) is 17.4 Å². The van der Waals surface area contributed by atoms with E-state index in [1.54, 1.807) is 36.4 Å². The monoisotopic (exact) mass is 301 g/mol. The minimum atomic E-state index is 0.282. The minimum absolute atomic E-state index is 0.282. The van der Waals surface area contributed by atoms with E-state index in [-0.39, 0.29) is 6.61 Å². The molecule has 94 valence electrons. The summed E-state index contributed by atoms with van der Waals surface area (Å²) in [6.45, 7) is 0.282. The molecule has 2 rings (SSSR count). The SMILES string of the molecule is Nc1ccc(Cl)c(COc2cccc(Cl)c2Cl)c1. The molecule has 0 radical (unpaired) electrons. The quantitative estimate of drug-likeness (QED) is 0.826. The van der Waals surface area contributed by atoms with Crippen LogP contribution in [-0.4, -0.2) is 0 Å². The Bertz CT molecular complexity index is 570. The molecular weight excluding hydrogens is 293 g/mol. The number of hydrogen-bond donors (Lipinski definition) is 1. The van der Waals surface area contributed by atoms with E-state index in [1.807, 2.05) is 0 Å². The van der Waals surface area contributed by atoms with E-state index in [1.165, 1.54) is 0 Å². The summed E-state index contributed by atoms with van der Waals surface area (Å²) < 4.78 is 5.58. The highest BCUT2D eigenvalue weighted by Crippen LogP contribution is 2.32. The lowest BCUT2D eigenvalue weighted by atomic mass is 10.2. The third-order valence-electron chi connectivity index (χ3n) is 2.37. The molecular formula is C13H10Cl3NO. The topological polar surface area (TPSA) is 35.2 Å². The lowest BCUT2D eigenvalue weighted by Crippen LogP contribution is -1.98. The Hall–Kier alpha value is -1.09. The van der Waals surface area contributed by atoms with Crippen LogP contribution in [0.5, 0.6) is 5.75 Å². The molecule has 5 heteroatoms. The Labute approximate surface area is 120 Å². The van der Waals surface area contributed by atoms with E-state index in [9.17, 15) is 0 Å². The molecule has 2 N–H and O–H groups in total. The van der Waals surface area contributed by atoms with Crippen LogP contribution in [0.2, 0.25) is 15.1 Å². The summed E-state index contributed by atoms with van der Waals surface area (Å²) in [5.74, 6) is 0.516. The van der Waals surface area contributed by atoms with Crippen molar-refractivity contribution >= 4 is 40.5 Å². The average Bonchev–Trinajstić information content (AvgIpc) is 2.35. The predicted molar refractivity (Wildman–Crippen MR) is 76.7 cm³/mol. The normalized spacial score (nSPS) is 10.4. The fourth-order valence-corrected chi connectivity index (χ4v) is 1.97. The molecule has 0 bridgehead atoms. The summed E-state index contributed by atoms with van der Waals surface area (Å²) in [6, 6.07) is 10.4. The molecule has 0 amide bonds. The highest BCUT2D eigenvalue weighted by molar-refractivity contribution is 6.42. The van der Waals surface area contributed by atoms with E-state index in [0.29, 0.717) is 26.5 Å². The Balaban J connectivity index is 2.16. The van der Waals surface area contributed by atoms with Crippen LogP contribution in [0.3, 0.4) is 0 Å². The molecule has 0 aliphatic rings. The third-order valence-corrected chi connectivity index (χ3v) is 3.54. The number of anilines is 1. The van der Waals surface area contributed by atoms with Gasteiger partial charge in [0.05, 0.1) is 5.02 Å². The number of halogens is 3. The molecule has 2 aromatic carbocycles. The van der Waals surface area contributed by atoms with Gasteiger partial charge >= 0.3 is 0 Å². The summed E-state index contributed by atoms with van der Waals surface area (Å²) in [5.41, 5.74) is 7.12. The second kappa shape index (κ2) is 5.70. The first kappa shape index (κ1) is 13.3. The van der Waals surface area contributed by atoms with Crippen LogP contribution in [0.15, 0.2) is 36.4 Å². The minimum Gasteiger partial charge on any atom is -0.487 e. The van der Waals surface area contributed by atoms with E-state index in [4.69, 9.17) is 45.3 Å². The third kappa shape index (κ3) is 3.02. The maximum Gasteiger partial charge on any atom is 0.139 e. The van der Waals surface area contributed by atoms with Crippen molar-refractivity contribution in [1.29, 1.82) is 0 Å². The van der Waals surface area contributed by atoms with Crippen molar-refractivity contribution in [2.24, 2.45) is 0 Å². The van der Waals surface area contributed by atoms with Gasteiger partial charge in [-0.25, -0.2) is 0 Å². The lowest BCUT2D eigenvalue weighted by Gasteiger charge is -2.10. The summed E-state index contributed by atoms with van der Waals surface area (Å²) in [6.07, 6.45) is 0.